The first-order valence-corrected chi connectivity index (χ1v) is 7.24. The number of halogens is 2. The lowest BCUT2D eigenvalue weighted by molar-refractivity contribution is 0.0730. The second-order valence-electron chi connectivity index (χ2n) is 3.65. The highest BCUT2D eigenvalue weighted by Crippen LogP contribution is 2.21. The Labute approximate surface area is 123 Å². The third kappa shape index (κ3) is 3.92. The maximum Gasteiger partial charge on any atom is 0.198 e. The van der Waals surface area contributed by atoms with Crippen LogP contribution in [0.5, 0.6) is 0 Å². The smallest absolute Gasteiger partial charge is 0.198 e. The molecule has 0 amide bonds. The third-order valence-corrected chi connectivity index (χ3v) is 4.06. The van der Waals surface area contributed by atoms with Crippen molar-refractivity contribution in [2.24, 2.45) is 0 Å². The second kappa shape index (κ2) is 6.48. The van der Waals surface area contributed by atoms with E-state index in [1.165, 1.54) is 11.3 Å². The van der Waals surface area contributed by atoms with E-state index in [1.807, 2.05) is 24.3 Å². The van der Waals surface area contributed by atoms with Gasteiger partial charge >= 0.3 is 0 Å². The number of ether oxygens (including phenoxy) is 1. The molecule has 0 radical (unpaired) electrons. The number of rotatable bonds is 5. The van der Waals surface area contributed by atoms with Gasteiger partial charge in [0.2, 0.25) is 0 Å². The summed E-state index contributed by atoms with van der Waals surface area (Å²) >= 11 is 10.4. The van der Waals surface area contributed by atoms with E-state index in [1.54, 1.807) is 12.1 Å². The molecule has 0 saturated carbocycles. The van der Waals surface area contributed by atoms with Crippen LogP contribution in [0, 0.1) is 0 Å². The van der Waals surface area contributed by atoms with E-state index in [4.69, 9.17) is 16.3 Å². The Balaban J connectivity index is 1.82. The van der Waals surface area contributed by atoms with Gasteiger partial charge in [-0.2, -0.15) is 0 Å². The van der Waals surface area contributed by atoms with E-state index in [2.05, 4.69) is 15.9 Å². The fourth-order valence-electron chi connectivity index (χ4n) is 1.38. The third-order valence-electron chi connectivity index (χ3n) is 2.26. The maximum atomic E-state index is 11.7. The molecule has 2 rings (SSSR count). The lowest BCUT2D eigenvalue weighted by Gasteiger charge is -2.03. The predicted octanol–water partition coefficient (Wildman–Crippen LogP) is 4.56. The Morgan fingerprint density at radius 2 is 1.94 bits per heavy atom. The van der Waals surface area contributed by atoms with E-state index < -0.39 is 0 Å². The number of hydrogen-bond donors (Lipinski definition) is 0. The summed E-state index contributed by atoms with van der Waals surface area (Å²) in [5.41, 5.74) is 1.04. The van der Waals surface area contributed by atoms with E-state index in [0.717, 1.165) is 10.0 Å². The lowest BCUT2D eigenvalue weighted by Crippen LogP contribution is -2.07. The first-order chi connectivity index (χ1) is 8.65. The molecule has 5 heteroatoms. The number of benzene rings is 1. The minimum Gasteiger partial charge on any atom is -0.369 e. The number of ketones is 1. The molecule has 94 valence electrons. The van der Waals surface area contributed by atoms with Crippen molar-refractivity contribution in [3.8, 4) is 0 Å². The molecule has 0 N–H and O–H groups in total. The normalized spacial score (nSPS) is 10.6. The van der Waals surface area contributed by atoms with Crippen LogP contribution in [-0.4, -0.2) is 12.4 Å². The summed E-state index contributed by atoms with van der Waals surface area (Å²) in [6, 6.07) is 11.2. The van der Waals surface area contributed by atoms with Gasteiger partial charge in [-0.25, -0.2) is 0 Å². The van der Waals surface area contributed by atoms with E-state index in [9.17, 15) is 4.79 Å². The van der Waals surface area contributed by atoms with Crippen LogP contribution in [0.1, 0.15) is 15.2 Å². The molecule has 18 heavy (non-hydrogen) atoms. The van der Waals surface area contributed by atoms with Gasteiger partial charge < -0.3 is 4.74 Å². The molecule has 0 aliphatic rings. The summed E-state index contributed by atoms with van der Waals surface area (Å²) in [6.07, 6.45) is 0. The number of Topliss-reactive ketones (excluding diaryl/α,β-unsaturated/α-hetero) is 1. The van der Waals surface area contributed by atoms with Gasteiger partial charge in [-0.15, -0.1) is 11.3 Å². The molecule has 0 unspecified atom stereocenters. The average molecular weight is 346 g/mol. The van der Waals surface area contributed by atoms with Crippen molar-refractivity contribution in [1.82, 2.24) is 0 Å². The Bertz CT molecular complexity index is 536. The summed E-state index contributed by atoms with van der Waals surface area (Å²) in [5.74, 6) is -0.0380. The Morgan fingerprint density at radius 3 is 2.56 bits per heavy atom. The van der Waals surface area contributed by atoms with E-state index in [-0.39, 0.29) is 12.4 Å². The average Bonchev–Trinajstić information content (AvgIpc) is 2.78. The molecular formula is C13H10BrClO2S. The topological polar surface area (TPSA) is 26.3 Å². The standard InChI is InChI=1S/C13H10BrClO2S/c14-10-3-1-9(2-4-10)7-17-8-11(16)12-5-6-13(15)18-12/h1-6H,7-8H2. The van der Waals surface area contributed by atoms with Gasteiger partial charge in [-0.05, 0) is 29.8 Å². The number of thiophene rings is 1. The van der Waals surface area contributed by atoms with Crippen molar-refractivity contribution in [2.45, 2.75) is 6.61 Å². The van der Waals surface area contributed by atoms with Crippen molar-refractivity contribution >= 4 is 44.7 Å². The van der Waals surface area contributed by atoms with Gasteiger partial charge in [0.05, 0.1) is 15.8 Å². The fraction of sp³-hybridized carbons (Fsp3) is 0.154. The maximum absolute atomic E-state index is 11.7. The molecule has 0 saturated heterocycles. The summed E-state index contributed by atoms with van der Waals surface area (Å²) in [4.78, 5) is 12.4. The summed E-state index contributed by atoms with van der Waals surface area (Å²) in [6.45, 7) is 0.505. The zero-order chi connectivity index (χ0) is 13.0. The Morgan fingerprint density at radius 1 is 1.22 bits per heavy atom. The predicted molar refractivity (Wildman–Crippen MR) is 77.5 cm³/mol. The van der Waals surface area contributed by atoms with Crippen LogP contribution in [0.25, 0.3) is 0 Å². The van der Waals surface area contributed by atoms with Crippen molar-refractivity contribution < 1.29 is 9.53 Å². The molecule has 0 aliphatic heterocycles. The molecule has 2 nitrogen and oxygen atoms in total. The van der Waals surface area contributed by atoms with E-state index >= 15 is 0 Å². The van der Waals surface area contributed by atoms with Crippen LogP contribution in [0.3, 0.4) is 0 Å². The van der Waals surface area contributed by atoms with E-state index in [0.29, 0.717) is 15.8 Å². The Kier molecular flexibility index (Phi) is 4.95. The van der Waals surface area contributed by atoms with Gasteiger partial charge in [0.25, 0.3) is 0 Å². The first-order valence-electron chi connectivity index (χ1n) is 5.26. The van der Waals surface area contributed by atoms with Gasteiger partial charge in [-0.1, -0.05) is 39.7 Å². The molecule has 0 bridgehead atoms. The van der Waals surface area contributed by atoms with Crippen LogP contribution < -0.4 is 0 Å². The first kappa shape index (κ1) is 13.7. The number of hydrogen-bond acceptors (Lipinski definition) is 3. The molecule has 0 atom stereocenters. The van der Waals surface area contributed by atoms with Crippen LogP contribution in [0.4, 0.5) is 0 Å². The molecular weight excluding hydrogens is 336 g/mol. The Hall–Kier alpha value is -0.680. The van der Waals surface area contributed by atoms with Crippen LogP contribution in [0.2, 0.25) is 4.34 Å². The van der Waals surface area contributed by atoms with Crippen molar-refractivity contribution in [1.29, 1.82) is 0 Å². The zero-order valence-electron chi connectivity index (χ0n) is 9.36. The second-order valence-corrected chi connectivity index (χ2v) is 6.28. The van der Waals surface area contributed by atoms with Crippen LogP contribution in [0.15, 0.2) is 40.9 Å². The van der Waals surface area contributed by atoms with Crippen LogP contribution >= 0.6 is 38.9 Å². The molecule has 0 aliphatic carbocycles. The fourth-order valence-corrected chi connectivity index (χ4v) is 2.61. The van der Waals surface area contributed by atoms with Crippen molar-refractivity contribution in [2.75, 3.05) is 6.61 Å². The minimum absolute atomic E-state index is 0.0380. The van der Waals surface area contributed by atoms with Gasteiger partial charge in [0, 0.05) is 4.47 Å². The van der Waals surface area contributed by atoms with Crippen molar-refractivity contribution in [3.63, 3.8) is 0 Å². The molecule has 0 spiro atoms. The number of carbonyl (C=O) groups is 1. The summed E-state index contributed by atoms with van der Waals surface area (Å²) in [5, 5.41) is 0. The molecule has 1 heterocycles. The largest absolute Gasteiger partial charge is 0.369 e. The van der Waals surface area contributed by atoms with Crippen molar-refractivity contribution in [3.05, 3.63) is 55.6 Å². The summed E-state index contributed by atoms with van der Waals surface area (Å²) in [7, 11) is 0. The van der Waals surface area contributed by atoms with Crippen LogP contribution in [-0.2, 0) is 11.3 Å². The minimum atomic E-state index is -0.0380. The quantitative estimate of drug-likeness (QED) is 0.742. The molecule has 1 aromatic heterocycles. The lowest BCUT2D eigenvalue weighted by atomic mass is 10.2. The zero-order valence-corrected chi connectivity index (χ0v) is 12.5. The molecule has 1 aromatic carbocycles. The highest BCUT2D eigenvalue weighted by atomic mass is 79.9. The van der Waals surface area contributed by atoms with Gasteiger partial charge in [0.1, 0.15) is 6.61 Å². The van der Waals surface area contributed by atoms with Gasteiger partial charge in [0.15, 0.2) is 5.78 Å². The monoisotopic (exact) mass is 344 g/mol. The molecule has 0 fully saturated rings. The SMILES string of the molecule is O=C(COCc1ccc(Br)cc1)c1ccc(Cl)s1. The van der Waals surface area contributed by atoms with Gasteiger partial charge in [-0.3, -0.25) is 4.79 Å². The highest BCUT2D eigenvalue weighted by molar-refractivity contribution is 9.10. The number of carbonyl (C=O) groups excluding carboxylic acids is 1. The highest BCUT2D eigenvalue weighted by Gasteiger charge is 2.08. The summed E-state index contributed by atoms with van der Waals surface area (Å²) < 4.78 is 7.02. The molecule has 2 aromatic rings.